The van der Waals surface area contributed by atoms with Gasteiger partial charge in [0, 0.05) is 29.0 Å². The lowest BCUT2D eigenvalue weighted by molar-refractivity contribution is 0.102. The molecule has 0 spiro atoms. The SMILES string of the molecule is CCCSc1nsc(NC(=O)c2cn(Cc3ccccc3)nc2-c2ccccc2OC)n1. The molecule has 9 heteroatoms. The summed E-state index contributed by atoms with van der Waals surface area (Å²) in [6.45, 7) is 2.65. The molecule has 2 aromatic heterocycles. The Bertz CT molecular complexity index is 1190. The van der Waals surface area contributed by atoms with Crippen LogP contribution in [-0.2, 0) is 6.54 Å². The number of hydrogen-bond acceptors (Lipinski definition) is 7. The summed E-state index contributed by atoms with van der Waals surface area (Å²) in [5.74, 6) is 1.31. The molecule has 4 rings (SSSR count). The van der Waals surface area contributed by atoms with E-state index in [0.29, 0.717) is 33.8 Å². The molecule has 0 aliphatic rings. The molecule has 0 aliphatic heterocycles. The van der Waals surface area contributed by atoms with Crippen molar-refractivity contribution in [2.45, 2.75) is 25.0 Å². The first-order chi connectivity index (χ1) is 15.7. The molecule has 0 saturated carbocycles. The molecule has 0 unspecified atom stereocenters. The predicted molar refractivity (Wildman–Crippen MR) is 129 cm³/mol. The molecule has 32 heavy (non-hydrogen) atoms. The summed E-state index contributed by atoms with van der Waals surface area (Å²) in [5, 5.41) is 8.76. The van der Waals surface area contributed by atoms with Crippen LogP contribution in [0, 0.1) is 0 Å². The Kier molecular flexibility index (Phi) is 7.18. The number of aromatic nitrogens is 4. The first-order valence-corrected chi connectivity index (χ1v) is 12.0. The van der Waals surface area contributed by atoms with E-state index in [0.717, 1.165) is 23.3 Å². The Morgan fingerprint density at radius 3 is 2.72 bits per heavy atom. The van der Waals surface area contributed by atoms with Gasteiger partial charge in [-0.1, -0.05) is 61.2 Å². The average Bonchev–Trinajstić information content (AvgIpc) is 3.45. The maximum Gasteiger partial charge on any atom is 0.261 e. The van der Waals surface area contributed by atoms with Crippen LogP contribution in [0.3, 0.4) is 0 Å². The monoisotopic (exact) mass is 465 g/mol. The Hall–Kier alpha value is -3.17. The van der Waals surface area contributed by atoms with Crippen LogP contribution < -0.4 is 10.1 Å². The standard InChI is InChI=1S/C23H23N5O2S2/c1-3-13-31-23-25-22(32-27-23)24-21(29)18-15-28(14-16-9-5-4-6-10-16)26-20(18)17-11-7-8-12-19(17)30-2/h4-12,15H,3,13-14H2,1-2H3,(H,24,25,27,29). The summed E-state index contributed by atoms with van der Waals surface area (Å²) >= 11 is 2.75. The van der Waals surface area contributed by atoms with Crippen molar-refractivity contribution >= 4 is 34.3 Å². The van der Waals surface area contributed by atoms with E-state index in [1.807, 2.05) is 54.6 Å². The van der Waals surface area contributed by atoms with Crippen molar-refractivity contribution in [3.8, 4) is 17.0 Å². The number of benzene rings is 2. The molecule has 4 aromatic rings. The fraction of sp³-hybridized carbons (Fsp3) is 0.217. The van der Waals surface area contributed by atoms with E-state index in [1.54, 1.807) is 29.8 Å². The summed E-state index contributed by atoms with van der Waals surface area (Å²) in [4.78, 5) is 17.6. The van der Waals surface area contributed by atoms with E-state index in [4.69, 9.17) is 9.84 Å². The van der Waals surface area contributed by atoms with Crippen LogP contribution in [0.5, 0.6) is 5.75 Å². The van der Waals surface area contributed by atoms with Crippen LogP contribution in [0.2, 0.25) is 0 Å². The van der Waals surface area contributed by atoms with Gasteiger partial charge in [-0.2, -0.15) is 14.5 Å². The second kappa shape index (κ2) is 10.4. The van der Waals surface area contributed by atoms with E-state index in [1.165, 1.54) is 11.5 Å². The fourth-order valence-electron chi connectivity index (χ4n) is 3.16. The lowest BCUT2D eigenvalue weighted by Gasteiger charge is -2.07. The molecule has 1 amide bonds. The topological polar surface area (TPSA) is 81.9 Å². The molecule has 164 valence electrons. The molecular formula is C23H23N5O2S2. The second-order valence-electron chi connectivity index (χ2n) is 6.96. The van der Waals surface area contributed by atoms with Crippen LogP contribution >= 0.6 is 23.3 Å². The van der Waals surface area contributed by atoms with E-state index in [2.05, 4.69) is 21.6 Å². The van der Waals surface area contributed by atoms with Crippen molar-refractivity contribution in [3.63, 3.8) is 0 Å². The van der Waals surface area contributed by atoms with Gasteiger partial charge in [0.2, 0.25) is 10.3 Å². The predicted octanol–water partition coefficient (Wildman–Crippen LogP) is 5.21. The maximum atomic E-state index is 13.2. The molecule has 0 atom stereocenters. The first kappa shape index (κ1) is 22.0. The number of nitrogens with one attached hydrogen (secondary N) is 1. The smallest absolute Gasteiger partial charge is 0.261 e. The van der Waals surface area contributed by atoms with Gasteiger partial charge in [-0.05, 0) is 24.1 Å². The molecule has 0 bridgehead atoms. The minimum absolute atomic E-state index is 0.284. The first-order valence-electron chi connectivity index (χ1n) is 10.2. The third-order valence-electron chi connectivity index (χ3n) is 4.62. The van der Waals surface area contributed by atoms with Crippen LogP contribution in [0.1, 0.15) is 29.3 Å². The van der Waals surface area contributed by atoms with Gasteiger partial charge >= 0.3 is 0 Å². The Morgan fingerprint density at radius 1 is 1.16 bits per heavy atom. The van der Waals surface area contributed by atoms with Crippen molar-refractivity contribution in [2.75, 3.05) is 18.2 Å². The van der Waals surface area contributed by atoms with Gasteiger partial charge < -0.3 is 4.74 Å². The molecule has 7 nitrogen and oxygen atoms in total. The number of nitrogens with zero attached hydrogens (tertiary/aromatic N) is 4. The number of anilines is 1. The van der Waals surface area contributed by atoms with Crippen molar-refractivity contribution in [3.05, 3.63) is 71.9 Å². The Labute approximate surface area is 195 Å². The number of methoxy groups -OCH3 is 1. The van der Waals surface area contributed by atoms with Crippen LogP contribution in [-0.4, -0.2) is 37.9 Å². The number of ether oxygens (including phenoxy) is 1. The minimum atomic E-state index is -0.284. The molecular weight excluding hydrogens is 442 g/mol. The van der Waals surface area contributed by atoms with E-state index in [-0.39, 0.29) is 5.91 Å². The Morgan fingerprint density at radius 2 is 1.94 bits per heavy atom. The molecule has 0 aliphatic carbocycles. The largest absolute Gasteiger partial charge is 0.496 e. The highest BCUT2D eigenvalue weighted by Gasteiger charge is 2.22. The zero-order chi connectivity index (χ0) is 22.3. The normalized spacial score (nSPS) is 10.8. The van der Waals surface area contributed by atoms with Gasteiger partial charge in [0.1, 0.15) is 11.4 Å². The van der Waals surface area contributed by atoms with Gasteiger partial charge in [0.25, 0.3) is 5.91 Å². The van der Waals surface area contributed by atoms with Crippen LogP contribution in [0.15, 0.2) is 66.0 Å². The minimum Gasteiger partial charge on any atom is -0.496 e. The molecule has 0 saturated heterocycles. The molecule has 0 fully saturated rings. The van der Waals surface area contributed by atoms with Gasteiger partial charge in [-0.25, -0.2) is 0 Å². The summed E-state index contributed by atoms with van der Waals surface area (Å²) in [7, 11) is 1.61. The number of amides is 1. The summed E-state index contributed by atoms with van der Waals surface area (Å²) < 4.78 is 11.6. The molecule has 2 heterocycles. The van der Waals surface area contributed by atoms with E-state index in [9.17, 15) is 4.79 Å². The zero-order valence-electron chi connectivity index (χ0n) is 17.8. The third-order valence-corrected chi connectivity index (χ3v) is 6.42. The molecule has 1 N–H and O–H groups in total. The number of thioether (sulfide) groups is 1. The second-order valence-corrected chi connectivity index (χ2v) is 8.77. The third kappa shape index (κ3) is 5.17. The number of carbonyl (C=O) groups is 1. The lowest BCUT2D eigenvalue weighted by Crippen LogP contribution is -2.12. The number of hydrogen-bond donors (Lipinski definition) is 1. The quantitative estimate of drug-likeness (QED) is 0.342. The van der Waals surface area contributed by atoms with Crippen molar-refractivity contribution in [2.24, 2.45) is 0 Å². The number of para-hydroxylation sites is 1. The Balaban J connectivity index is 1.65. The zero-order valence-corrected chi connectivity index (χ0v) is 19.4. The van der Waals surface area contributed by atoms with Gasteiger partial charge in [0.05, 0.1) is 19.2 Å². The summed E-state index contributed by atoms with van der Waals surface area (Å²) in [6.07, 6.45) is 2.80. The summed E-state index contributed by atoms with van der Waals surface area (Å²) in [6, 6.07) is 17.5. The molecule has 0 radical (unpaired) electrons. The summed E-state index contributed by atoms with van der Waals surface area (Å²) in [5.41, 5.74) is 2.85. The highest BCUT2D eigenvalue weighted by atomic mass is 32.2. The van der Waals surface area contributed by atoms with Crippen molar-refractivity contribution in [1.82, 2.24) is 19.1 Å². The highest BCUT2D eigenvalue weighted by Crippen LogP contribution is 2.32. The lowest BCUT2D eigenvalue weighted by atomic mass is 10.1. The number of carbonyl (C=O) groups excluding carboxylic acids is 1. The average molecular weight is 466 g/mol. The van der Waals surface area contributed by atoms with Gasteiger partial charge in [0.15, 0.2) is 0 Å². The van der Waals surface area contributed by atoms with Crippen LogP contribution in [0.4, 0.5) is 5.13 Å². The maximum absolute atomic E-state index is 13.2. The van der Waals surface area contributed by atoms with Gasteiger partial charge in [-0.15, -0.1) is 0 Å². The van der Waals surface area contributed by atoms with Crippen molar-refractivity contribution < 1.29 is 9.53 Å². The fourth-order valence-corrected chi connectivity index (χ4v) is 4.55. The van der Waals surface area contributed by atoms with E-state index >= 15 is 0 Å². The van der Waals surface area contributed by atoms with E-state index < -0.39 is 0 Å². The van der Waals surface area contributed by atoms with Crippen molar-refractivity contribution in [1.29, 1.82) is 0 Å². The number of rotatable bonds is 9. The highest BCUT2D eigenvalue weighted by molar-refractivity contribution is 7.99. The van der Waals surface area contributed by atoms with Gasteiger partial charge in [-0.3, -0.25) is 14.8 Å². The molecule has 2 aromatic carbocycles. The van der Waals surface area contributed by atoms with Crippen LogP contribution in [0.25, 0.3) is 11.3 Å².